The van der Waals surface area contributed by atoms with Gasteiger partial charge in [-0.1, -0.05) is 18.2 Å². The molecule has 1 aromatic heterocycles. The lowest BCUT2D eigenvalue weighted by atomic mass is 10.1. The maximum absolute atomic E-state index is 13.0. The topological polar surface area (TPSA) is 57.0 Å². The van der Waals surface area contributed by atoms with Gasteiger partial charge < -0.3 is 4.90 Å². The van der Waals surface area contributed by atoms with Crippen LogP contribution in [0.25, 0.3) is 0 Å². The van der Waals surface area contributed by atoms with Crippen molar-refractivity contribution in [1.29, 1.82) is 5.26 Å². The zero-order valence-corrected chi connectivity index (χ0v) is 17.8. The number of rotatable bonds is 8. The predicted octanol–water partition coefficient (Wildman–Crippen LogP) is 5.44. The minimum atomic E-state index is -0.0408. The number of carbonyl (C=O) groups excluding carboxylic acids is 1. The Hall–Kier alpha value is -2.88. The molecule has 0 aliphatic rings. The minimum Gasteiger partial charge on any atom is -0.331 e. The lowest BCUT2D eigenvalue weighted by Crippen LogP contribution is -2.30. The molecule has 0 saturated heterocycles. The van der Waals surface area contributed by atoms with E-state index < -0.39 is 0 Å². The molecule has 0 atom stereocenters. The summed E-state index contributed by atoms with van der Waals surface area (Å²) in [6, 6.07) is 17.1. The van der Waals surface area contributed by atoms with Gasteiger partial charge in [0.05, 0.1) is 22.3 Å². The summed E-state index contributed by atoms with van der Waals surface area (Å²) >= 11 is 3.37. The van der Waals surface area contributed by atoms with Crippen molar-refractivity contribution in [3.63, 3.8) is 0 Å². The van der Waals surface area contributed by atoms with E-state index in [0.29, 0.717) is 24.2 Å². The van der Waals surface area contributed by atoms with Crippen molar-refractivity contribution < 1.29 is 4.79 Å². The molecule has 6 heteroatoms. The van der Waals surface area contributed by atoms with Crippen LogP contribution in [0.3, 0.4) is 0 Å². The van der Waals surface area contributed by atoms with E-state index in [1.807, 2.05) is 43.3 Å². The van der Waals surface area contributed by atoms with Gasteiger partial charge in [-0.15, -0.1) is 29.7 Å². The predicted molar refractivity (Wildman–Crippen MR) is 119 cm³/mol. The molecule has 0 aliphatic carbocycles. The van der Waals surface area contributed by atoms with Gasteiger partial charge in [0, 0.05) is 34.7 Å². The number of amides is 1. The first-order valence-electron chi connectivity index (χ1n) is 9.12. The molecular weight excluding hydrogens is 398 g/mol. The molecule has 3 rings (SSSR count). The van der Waals surface area contributed by atoms with Crippen molar-refractivity contribution in [1.82, 2.24) is 9.88 Å². The summed E-state index contributed by atoms with van der Waals surface area (Å²) in [7, 11) is 0. The fraction of sp³-hybridized carbons (Fsp3) is 0.174. The molecule has 0 N–H and O–H groups in total. The molecule has 0 saturated carbocycles. The highest BCUT2D eigenvalue weighted by Gasteiger charge is 2.15. The van der Waals surface area contributed by atoms with Gasteiger partial charge in [0.2, 0.25) is 0 Å². The molecular formula is C23H21N3OS2. The van der Waals surface area contributed by atoms with Crippen molar-refractivity contribution in [3.8, 4) is 6.07 Å². The van der Waals surface area contributed by atoms with E-state index in [-0.39, 0.29) is 5.91 Å². The van der Waals surface area contributed by atoms with Crippen molar-refractivity contribution >= 4 is 29.0 Å². The van der Waals surface area contributed by atoms with E-state index in [4.69, 9.17) is 5.26 Å². The summed E-state index contributed by atoms with van der Waals surface area (Å²) < 4.78 is 0. The summed E-state index contributed by atoms with van der Waals surface area (Å²) in [5.41, 5.74) is 3.31. The van der Waals surface area contributed by atoms with Gasteiger partial charge in [-0.3, -0.25) is 4.79 Å². The number of nitrogens with zero attached hydrogens (tertiary/aromatic N) is 3. The second kappa shape index (κ2) is 10.1. The first-order valence-corrected chi connectivity index (χ1v) is 11.0. The fourth-order valence-corrected chi connectivity index (χ4v) is 4.30. The maximum Gasteiger partial charge on any atom is 0.254 e. The summed E-state index contributed by atoms with van der Waals surface area (Å²) in [4.78, 5) is 20.3. The fourth-order valence-electron chi connectivity index (χ4n) is 2.79. The highest BCUT2D eigenvalue weighted by Crippen LogP contribution is 2.24. The molecule has 0 bridgehead atoms. The number of thioether (sulfide) groups is 1. The van der Waals surface area contributed by atoms with E-state index in [9.17, 15) is 4.79 Å². The molecule has 3 aromatic rings. The quantitative estimate of drug-likeness (QED) is 0.360. The molecule has 1 amide bonds. The Morgan fingerprint density at radius 2 is 1.97 bits per heavy atom. The Morgan fingerprint density at radius 1 is 1.24 bits per heavy atom. The summed E-state index contributed by atoms with van der Waals surface area (Å²) in [6.07, 6.45) is 1.72. The Bertz CT molecular complexity index is 1020. The molecule has 0 radical (unpaired) electrons. The number of carbonyl (C=O) groups is 1. The lowest BCUT2D eigenvalue weighted by Gasteiger charge is -2.21. The molecule has 0 spiro atoms. The Morgan fingerprint density at radius 3 is 2.55 bits per heavy atom. The Balaban J connectivity index is 1.65. The molecule has 29 heavy (non-hydrogen) atoms. The van der Waals surface area contributed by atoms with E-state index in [2.05, 4.69) is 23.0 Å². The van der Waals surface area contributed by atoms with Crippen LogP contribution in [-0.4, -0.2) is 22.3 Å². The highest BCUT2D eigenvalue weighted by atomic mass is 32.2. The number of aryl methyl sites for hydroxylation is 1. The average molecular weight is 420 g/mol. The van der Waals surface area contributed by atoms with E-state index in [1.165, 1.54) is 0 Å². The van der Waals surface area contributed by atoms with Gasteiger partial charge in [-0.2, -0.15) is 5.26 Å². The molecule has 0 fully saturated rings. The monoisotopic (exact) mass is 419 g/mol. The molecule has 146 valence electrons. The van der Waals surface area contributed by atoms with Crippen LogP contribution in [0.1, 0.15) is 32.2 Å². The van der Waals surface area contributed by atoms with Crippen LogP contribution in [0.15, 0.2) is 71.5 Å². The number of benzene rings is 2. The van der Waals surface area contributed by atoms with Gasteiger partial charge in [0.25, 0.3) is 5.91 Å². The Labute approximate surface area is 179 Å². The van der Waals surface area contributed by atoms with Gasteiger partial charge in [0.1, 0.15) is 0 Å². The zero-order valence-electron chi connectivity index (χ0n) is 16.2. The maximum atomic E-state index is 13.0. The summed E-state index contributed by atoms with van der Waals surface area (Å²) in [6.45, 7) is 6.70. The second-order valence-electron chi connectivity index (χ2n) is 6.45. The standard InChI is InChI=1S/C23H21N3OS2/c1-3-12-26(14-19-6-4-18(13-24)5-7-19)23(27)20-8-10-22(11-9-20)29-16-21-15-28-17(2)25-21/h3-11,15H,1,12,14,16H2,2H3. The van der Waals surface area contributed by atoms with Crippen LogP contribution in [0.4, 0.5) is 0 Å². The number of hydrogen-bond acceptors (Lipinski definition) is 5. The molecule has 0 aliphatic heterocycles. The van der Waals surface area contributed by atoms with E-state index >= 15 is 0 Å². The lowest BCUT2D eigenvalue weighted by molar-refractivity contribution is 0.0762. The molecule has 0 unspecified atom stereocenters. The molecule has 1 heterocycles. The van der Waals surface area contributed by atoms with Gasteiger partial charge in [0.15, 0.2) is 0 Å². The number of aromatic nitrogens is 1. The summed E-state index contributed by atoms with van der Waals surface area (Å²) in [5.74, 6) is 0.778. The van der Waals surface area contributed by atoms with Crippen molar-refractivity contribution in [2.45, 2.75) is 24.1 Å². The van der Waals surface area contributed by atoms with Crippen LogP contribution in [0.5, 0.6) is 0 Å². The van der Waals surface area contributed by atoms with Crippen LogP contribution in [0, 0.1) is 18.3 Å². The van der Waals surface area contributed by atoms with E-state index in [1.54, 1.807) is 46.2 Å². The minimum absolute atomic E-state index is 0.0408. The van der Waals surface area contributed by atoms with Crippen molar-refractivity contribution in [2.75, 3.05) is 6.54 Å². The van der Waals surface area contributed by atoms with Crippen LogP contribution in [0.2, 0.25) is 0 Å². The van der Waals surface area contributed by atoms with Crippen LogP contribution < -0.4 is 0 Å². The van der Waals surface area contributed by atoms with Crippen molar-refractivity contribution in [2.24, 2.45) is 0 Å². The largest absolute Gasteiger partial charge is 0.331 e. The normalized spacial score (nSPS) is 10.3. The van der Waals surface area contributed by atoms with Gasteiger partial charge in [-0.05, 0) is 48.9 Å². The van der Waals surface area contributed by atoms with Crippen LogP contribution >= 0.6 is 23.1 Å². The number of thiazole rings is 1. The SMILES string of the molecule is C=CCN(Cc1ccc(C#N)cc1)C(=O)c1ccc(SCc2csc(C)n2)cc1. The number of nitriles is 1. The third-order valence-electron chi connectivity index (χ3n) is 4.25. The average Bonchev–Trinajstić information content (AvgIpc) is 3.17. The second-order valence-corrected chi connectivity index (χ2v) is 8.56. The third-order valence-corrected chi connectivity index (χ3v) is 6.12. The first kappa shape index (κ1) is 20.8. The molecule has 2 aromatic carbocycles. The third kappa shape index (κ3) is 5.80. The van der Waals surface area contributed by atoms with Crippen LogP contribution in [-0.2, 0) is 12.3 Å². The van der Waals surface area contributed by atoms with E-state index in [0.717, 1.165) is 26.9 Å². The smallest absolute Gasteiger partial charge is 0.254 e. The summed E-state index contributed by atoms with van der Waals surface area (Å²) in [5, 5.41) is 12.1. The zero-order chi connectivity index (χ0) is 20.6. The Kier molecular flexibility index (Phi) is 7.23. The van der Waals surface area contributed by atoms with Crippen molar-refractivity contribution in [3.05, 3.63) is 94.0 Å². The molecule has 4 nitrogen and oxygen atoms in total. The van der Waals surface area contributed by atoms with Gasteiger partial charge in [-0.25, -0.2) is 4.98 Å². The van der Waals surface area contributed by atoms with Gasteiger partial charge >= 0.3 is 0 Å². The first-order chi connectivity index (χ1) is 14.1. The highest BCUT2D eigenvalue weighted by molar-refractivity contribution is 7.98. The number of hydrogen-bond donors (Lipinski definition) is 0.